The number of carboxylic acid groups (broad SMARTS) is 1. The summed E-state index contributed by atoms with van der Waals surface area (Å²) in [5, 5.41) is 13.9. The first-order valence-electron chi connectivity index (χ1n) is 17.2. The molecule has 0 aliphatic carbocycles. The Morgan fingerprint density at radius 2 is 0.724 bits per heavy atom. The quantitative estimate of drug-likeness (QED) is 0.0852. The van der Waals surface area contributed by atoms with E-state index in [9.17, 15) is 35.1 Å². The number of nitrogens with zero attached hydrogens (tertiary/aromatic N) is 4. The molecule has 1 radical (unpaired) electrons. The minimum Gasteiger partial charge on any atom is -0.677 e. The van der Waals surface area contributed by atoms with Crippen molar-refractivity contribution in [2.24, 2.45) is 0 Å². The van der Waals surface area contributed by atoms with Gasteiger partial charge in [-0.15, -0.1) is 0 Å². The molecular formula is C42H39F6N5O2P2Ru+. The van der Waals surface area contributed by atoms with Crippen molar-refractivity contribution in [3.63, 3.8) is 0 Å². The summed E-state index contributed by atoms with van der Waals surface area (Å²) in [5.41, 5.74) is 10.2. The molecule has 7 rings (SSSR count). The first-order chi connectivity index (χ1) is 27.1. The molecule has 58 heavy (non-hydrogen) atoms. The number of rotatable bonds is 8. The topological polar surface area (TPSA) is 115 Å². The van der Waals surface area contributed by atoms with E-state index in [4.69, 9.17) is 5.73 Å². The fraction of sp³-hybridized carbons (Fsp3) is 0.0714. The van der Waals surface area contributed by atoms with Gasteiger partial charge >= 0.3 is 52.5 Å². The molecule has 0 amide bonds. The van der Waals surface area contributed by atoms with E-state index in [0.717, 1.165) is 22.8 Å². The Kier molecular flexibility index (Phi) is 20.1. The summed E-state index contributed by atoms with van der Waals surface area (Å²) in [5.74, 6) is -1.06. The number of carbonyl (C=O) groups is 1. The molecule has 0 aliphatic heterocycles. The SMILES string of the molecule is F[P-](F)(F)(F)(F)F.[NH-]CCCC(=O)[O-].[Ru+3].c1ccc(-c2ccccn2)nc1.c1ccc(-c2ccccn2)nc1.c1ccc([PH+](c2ccccc2)c2ccccc2)cc1. The molecule has 303 valence electrons. The zero-order valence-electron chi connectivity index (χ0n) is 30.7. The Balaban J connectivity index is 0.000000263. The second-order valence-electron chi connectivity index (χ2n) is 11.5. The molecule has 0 saturated carbocycles. The third-order valence-corrected chi connectivity index (χ3v) is 9.66. The van der Waals surface area contributed by atoms with Crippen molar-refractivity contribution in [1.29, 1.82) is 0 Å². The smallest absolute Gasteiger partial charge is 0.677 e. The van der Waals surface area contributed by atoms with Crippen LogP contribution >= 0.6 is 15.7 Å². The number of benzene rings is 3. The summed E-state index contributed by atoms with van der Waals surface area (Å²) < 4.78 is 59.2. The second-order valence-corrected chi connectivity index (χ2v) is 15.9. The van der Waals surface area contributed by atoms with Gasteiger partial charge in [0.15, 0.2) is 0 Å². The Morgan fingerprint density at radius 3 is 0.897 bits per heavy atom. The van der Waals surface area contributed by atoms with Crippen molar-refractivity contribution in [1.82, 2.24) is 19.9 Å². The van der Waals surface area contributed by atoms with Gasteiger partial charge in [-0.1, -0.05) is 85.3 Å². The van der Waals surface area contributed by atoms with Crippen LogP contribution in [0.15, 0.2) is 189 Å². The van der Waals surface area contributed by atoms with Crippen LogP contribution in [0.3, 0.4) is 0 Å². The summed E-state index contributed by atoms with van der Waals surface area (Å²) >= 11 is 0. The zero-order valence-corrected chi connectivity index (χ0v) is 34.3. The molecule has 3 aromatic carbocycles. The Hall–Kier alpha value is -5.25. The maximum absolute atomic E-state index is 10.7. The molecule has 4 aromatic heterocycles. The number of hydrogen-bond acceptors (Lipinski definition) is 6. The van der Waals surface area contributed by atoms with E-state index in [1.54, 1.807) is 24.8 Å². The van der Waals surface area contributed by atoms with Gasteiger partial charge in [-0.05, 0) is 91.3 Å². The number of hydrogen-bond donors (Lipinski definition) is 0. The molecule has 0 aliphatic rings. The standard InChI is InChI=1S/C18H15P.2C10H8N2.C4H8NO2.F6P.Ru/c1-4-10-16(11-5-1)19(17-12-6-2-7-13-17)18-14-8-3-9-15-18;2*1-3-7-11-9(5-1)10-6-2-4-8-12-10;5-3-1-2-4(6)7;1-7(2,3,4,5)6;/h1-15H;2*1-8H;5H,1-3H2,(H,6,7);;/q;;;2*-1;+3. The number of carbonyl (C=O) groups excluding carboxylic acids is 1. The number of carboxylic acids is 1. The first kappa shape index (κ1) is 48.9. The van der Waals surface area contributed by atoms with Gasteiger partial charge in [0.2, 0.25) is 0 Å². The van der Waals surface area contributed by atoms with Crippen LogP contribution in [0.5, 0.6) is 0 Å². The van der Waals surface area contributed by atoms with Gasteiger partial charge in [-0.3, -0.25) is 19.9 Å². The normalized spacial score (nSPS) is 11.3. The predicted octanol–water partition coefficient (Wildman–Crippen LogP) is 10.4. The van der Waals surface area contributed by atoms with E-state index in [1.165, 1.54) is 15.9 Å². The summed E-state index contributed by atoms with van der Waals surface area (Å²) in [4.78, 5) is 26.3. The summed E-state index contributed by atoms with van der Waals surface area (Å²) in [6, 6.07) is 55.7. The summed E-state index contributed by atoms with van der Waals surface area (Å²) in [6.07, 6.45) is 7.49. The van der Waals surface area contributed by atoms with Crippen molar-refractivity contribution in [2.45, 2.75) is 12.8 Å². The fourth-order valence-corrected chi connectivity index (χ4v) is 7.18. The molecule has 1 N–H and O–H groups in total. The van der Waals surface area contributed by atoms with Crippen molar-refractivity contribution >= 4 is 37.6 Å². The molecule has 0 atom stereocenters. The monoisotopic (exact) mass is 923 g/mol. The van der Waals surface area contributed by atoms with Gasteiger partial charge in [0.1, 0.15) is 15.9 Å². The van der Waals surface area contributed by atoms with E-state index >= 15 is 0 Å². The van der Waals surface area contributed by atoms with Gasteiger partial charge < -0.3 is 15.6 Å². The summed E-state index contributed by atoms with van der Waals surface area (Å²) in [7, 11) is -11.5. The van der Waals surface area contributed by atoms with Crippen molar-refractivity contribution in [2.75, 3.05) is 6.54 Å². The minimum absolute atomic E-state index is 0. The van der Waals surface area contributed by atoms with E-state index in [-0.39, 0.29) is 32.4 Å². The molecule has 0 bridgehead atoms. The largest absolute Gasteiger partial charge is 3.00 e. The number of pyridine rings is 4. The molecule has 0 unspecified atom stereocenters. The van der Waals surface area contributed by atoms with E-state index < -0.39 is 21.7 Å². The van der Waals surface area contributed by atoms with Gasteiger partial charge in [0.25, 0.3) is 0 Å². The Labute approximate surface area is 347 Å². The Morgan fingerprint density at radius 1 is 0.483 bits per heavy atom. The summed E-state index contributed by atoms with van der Waals surface area (Å²) in [6.45, 7) is 0.175. The predicted molar refractivity (Wildman–Crippen MR) is 218 cm³/mol. The third-order valence-electron chi connectivity index (χ3n) is 6.93. The van der Waals surface area contributed by atoms with E-state index in [0.29, 0.717) is 6.42 Å². The van der Waals surface area contributed by atoms with Gasteiger partial charge in [-0.25, -0.2) is 0 Å². The van der Waals surface area contributed by atoms with Crippen LogP contribution in [0.1, 0.15) is 12.8 Å². The molecule has 16 heteroatoms. The first-order valence-corrected chi connectivity index (χ1v) is 20.7. The average molecular weight is 923 g/mol. The maximum Gasteiger partial charge on any atom is 3.00 e. The molecular weight excluding hydrogens is 884 g/mol. The van der Waals surface area contributed by atoms with Crippen LogP contribution in [-0.4, -0.2) is 32.4 Å². The van der Waals surface area contributed by atoms with Crippen LogP contribution in [0.2, 0.25) is 0 Å². The van der Waals surface area contributed by atoms with E-state index in [2.05, 4.69) is 111 Å². The fourth-order valence-electron chi connectivity index (χ4n) is 4.60. The number of nitrogens with one attached hydrogen (secondary N) is 1. The number of aliphatic carboxylic acids is 1. The maximum atomic E-state index is 9.87. The van der Waals surface area contributed by atoms with Crippen LogP contribution in [0.4, 0.5) is 25.2 Å². The van der Waals surface area contributed by atoms with Gasteiger partial charge in [-0.2, -0.15) is 6.54 Å². The molecule has 4 heterocycles. The molecule has 0 spiro atoms. The second kappa shape index (κ2) is 23.9. The minimum atomic E-state index is -10.7. The average Bonchev–Trinajstić information content (AvgIpc) is 3.22. The molecule has 0 fully saturated rings. The van der Waals surface area contributed by atoms with E-state index in [1.807, 2.05) is 72.8 Å². The molecule has 7 nitrogen and oxygen atoms in total. The van der Waals surface area contributed by atoms with Gasteiger partial charge in [0.05, 0.1) is 30.7 Å². The zero-order chi connectivity index (χ0) is 41.5. The van der Waals surface area contributed by atoms with Crippen LogP contribution in [0.25, 0.3) is 28.5 Å². The molecule has 0 saturated heterocycles. The van der Waals surface area contributed by atoms with Crippen LogP contribution in [0, 0.1) is 0 Å². The van der Waals surface area contributed by atoms with Crippen molar-refractivity contribution < 1.29 is 54.6 Å². The molecule has 7 aromatic rings. The van der Waals surface area contributed by atoms with Crippen molar-refractivity contribution in [3.05, 3.63) is 194 Å². The van der Waals surface area contributed by atoms with Crippen LogP contribution in [-0.2, 0) is 24.3 Å². The van der Waals surface area contributed by atoms with Crippen molar-refractivity contribution in [3.8, 4) is 22.8 Å². The third kappa shape index (κ3) is 22.5. The van der Waals surface area contributed by atoms with Gasteiger partial charge in [0, 0.05) is 30.8 Å². The number of halogens is 6. The van der Waals surface area contributed by atoms with Crippen LogP contribution < -0.4 is 21.0 Å². The Bertz CT molecular complexity index is 1890. The number of aromatic nitrogens is 4.